The molecule has 0 unspecified atom stereocenters. The van der Waals surface area contributed by atoms with Crippen LogP contribution < -0.4 is 10.6 Å². The molecule has 2 aromatic rings. The molecule has 0 spiro atoms. The molecule has 3 rings (SSSR count). The van der Waals surface area contributed by atoms with Gasteiger partial charge in [0, 0.05) is 30.1 Å². The maximum absolute atomic E-state index is 12.5. The number of benzene rings is 1. The molecule has 1 fully saturated rings. The van der Waals surface area contributed by atoms with Gasteiger partial charge >= 0.3 is 6.03 Å². The summed E-state index contributed by atoms with van der Waals surface area (Å²) >= 11 is 0. The number of amides is 4. The van der Waals surface area contributed by atoms with E-state index in [0.29, 0.717) is 18.9 Å². The minimum absolute atomic E-state index is 0.243. The van der Waals surface area contributed by atoms with Gasteiger partial charge < -0.3 is 15.6 Å². The first-order chi connectivity index (χ1) is 12.5. The van der Waals surface area contributed by atoms with E-state index in [1.165, 1.54) is 0 Å². The number of H-pyrrole nitrogens is 1. The minimum atomic E-state index is -0.648. The maximum Gasteiger partial charge on any atom is 0.325 e. The van der Waals surface area contributed by atoms with Gasteiger partial charge in [0.2, 0.25) is 5.91 Å². The fourth-order valence-electron chi connectivity index (χ4n) is 3.09. The molecule has 1 atom stereocenters. The van der Waals surface area contributed by atoms with Gasteiger partial charge in [0.25, 0.3) is 5.91 Å². The first-order valence-electron chi connectivity index (χ1n) is 8.89. The van der Waals surface area contributed by atoms with Crippen LogP contribution in [0.5, 0.6) is 0 Å². The standard InChI is InChI=1S/C19H24N4O3/c1-12(2)7-8-20-17(24)11-23-18(25)16(22-19(23)26)9-13-10-21-15-6-4-3-5-14(13)15/h3-6,10,12,16,21H,7-9,11H2,1-2H3,(H,20,24)(H,22,26)/t16-/m0/s1. The molecule has 1 aromatic carbocycles. The number of imide groups is 1. The first-order valence-corrected chi connectivity index (χ1v) is 8.89. The molecule has 3 N–H and O–H groups in total. The Kier molecular flexibility index (Phi) is 5.25. The summed E-state index contributed by atoms with van der Waals surface area (Å²) in [6.45, 7) is 4.43. The van der Waals surface area contributed by atoms with Crippen molar-refractivity contribution in [3.63, 3.8) is 0 Å². The molecule has 0 aliphatic carbocycles. The zero-order valence-electron chi connectivity index (χ0n) is 15.0. The largest absolute Gasteiger partial charge is 0.361 e. The van der Waals surface area contributed by atoms with Crippen molar-refractivity contribution in [1.82, 2.24) is 20.5 Å². The predicted octanol–water partition coefficient (Wildman–Crippen LogP) is 1.79. The van der Waals surface area contributed by atoms with Gasteiger partial charge in [-0.05, 0) is 24.0 Å². The highest BCUT2D eigenvalue weighted by Gasteiger charge is 2.39. The molecule has 0 radical (unpaired) electrons. The fraction of sp³-hybridized carbons (Fsp3) is 0.421. The second-order valence-electron chi connectivity index (χ2n) is 7.02. The minimum Gasteiger partial charge on any atom is -0.361 e. The second kappa shape index (κ2) is 7.59. The highest BCUT2D eigenvalue weighted by Crippen LogP contribution is 2.21. The number of hydrogen-bond donors (Lipinski definition) is 3. The Labute approximate surface area is 152 Å². The lowest BCUT2D eigenvalue weighted by atomic mass is 10.1. The maximum atomic E-state index is 12.5. The summed E-state index contributed by atoms with van der Waals surface area (Å²) in [5.41, 5.74) is 1.95. The summed E-state index contributed by atoms with van der Waals surface area (Å²) in [4.78, 5) is 40.8. The van der Waals surface area contributed by atoms with Crippen molar-refractivity contribution in [3.05, 3.63) is 36.0 Å². The third-order valence-corrected chi connectivity index (χ3v) is 4.55. The SMILES string of the molecule is CC(C)CCNC(=O)CN1C(=O)N[C@@H](Cc2c[nH]c3ccccc23)C1=O. The van der Waals surface area contributed by atoms with Gasteiger partial charge in [-0.15, -0.1) is 0 Å². The fourth-order valence-corrected chi connectivity index (χ4v) is 3.09. The molecule has 0 bridgehead atoms. The van der Waals surface area contributed by atoms with E-state index in [-0.39, 0.29) is 18.4 Å². The number of rotatable bonds is 7. The van der Waals surface area contributed by atoms with E-state index in [2.05, 4.69) is 29.5 Å². The van der Waals surface area contributed by atoms with Gasteiger partial charge in [-0.1, -0.05) is 32.0 Å². The molecule has 1 aromatic heterocycles. The Morgan fingerprint density at radius 1 is 1.27 bits per heavy atom. The number of fused-ring (bicyclic) bond motifs is 1. The van der Waals surface area contributed by atoms with Crippen LogP contribution in [0.4, 0.5) is 4.79 Å². The summed E-state index contributed by atoms with van der Waals surface area (Å²) < 4.78 is 0. The van der Waals surface area contributed by atoms with E-state index in [0.717, 1.165) is 27.8 Å². The number of nitrogens with zero attached hydrogens (tertiary/aromatic N) is 1. The van der Waals surface area contributed by atoms with E-state index >= 15 is 0 Å². The Hall–Kier alpha value is -2.83. The highest BCUT2D eigenvalue weighted by molar-refractivity contribution is 6.06. The van der Waals surface area contributed by atoms with Crippen molar-refractivity contribution in [2.24, 2.45) is 5.92 Å². The summed E-state index contributed by atoms with van der Waals surface area (Å²) in [6.07, 6.45) is 3.10. The molecule has 4 amide bonds. The molecule has 26 heavy (non-hydrogen) atoms. The zero-order valence-corrected chi connectivity index (χ0v) is 15.0. The van der Waals surface area contributed by atoms with E-state index in [1.54, 1.807) is 0 Å². The average Bonchev–Trinajstić information content (AvgIpc) is 3.11. The van der Waals surface area contributed by atoms with Crippen molar-refractivity contribution in [2.75, 3.05) is 13.1 Å². The van der Waals surface area contributed by atoms with E-state index < -0.39 is 12.1 Å². The molecule has 0 saturated carbocycles. The van der Waals surface area contributed by atoms with Crippen molar-refractivity contribution < 1.29 is 14.4 Å². The van der Waals surface area contributed by atoms with Crippen LogP contribution in [0.2, 0.25) is 0 Å². The zero-order chi connectivity index (χ0) is 18.7. The quantitative estimate of drug-likeness (QED) is 0.660. The van der Waals surface area contributed by atoms with Gasteiger partial charge in [-0.25, -0.2) is 4.79 Å². The molecular formula is C19H24N4O3. The van der Waals surface area contributed by atoms with Crippen molar-refractivity contribution in [3.8, 4) is 0 Å². The lowest BCUT2D eigenvalue weighted by Crippen LogP contribution is -2.41. The van der Waals surface area contributed by atoms with Gasteiger partial charge in [-0.2, -0.15) is 0 Å². The number of hydrogen-bond acceptors (Lipinski definition) is 3. The van der Waals surface area contributed by atoms with Gasteiger partial charge in [0.1, 0.15) is 12.6 Å². The van der Waals surface area contributed by atoms with Crippen LogP contribution in [-0.4, -0.2) is 46.9 Å². The number of nitrogens with one attached hydrogen (secondary N) is 3. The summed E-state index contributed by atoms with van der Waals surface area (Å²) in [7, 11) is 0. The molecule has 1 aliphatic rings. The van der Waals surface area contributed by atoms with Gasteiger partial charge in [-0.3, -0.25) is 14.5 Å². The van der Waals surface area contributed by atoms with Crippen molar-refractivity contribution in [1.29, 1.82) is 0 Å². The Morgan fingerprint density at radius 3 is 2.81 bits per heavy atom. The Balaban J connectivity index is 1.61. The van der Waals surface area contributed by atoms with Crippen LogP contribution in [-0.2, 0) is 16.0 Å². The monoisotopic (exact) mass is 356 g/mol. The van der Waals surface area contributed by atoms with Crippen LogP contribution in [0.3, 0.4) is 0 Å². The molecule has 1 aliphatic heterocycles. The topological polar surface area (TPSA) is 94.3 Å². The van der Waals surface area contributed by atoms with E-state index in [9.17, 15) is 14.4 Å². The average molecular weight is 356 g/mol. The van der Waals surface area contributed by atoms with Gasteiger partial charge in [0.05, 0.1) is 0 Å². The van der Waals surface area contributed by atoms with E-state index in [4.69, 9.17) is 0 Å². The van der Waals surface area contributed by atoms with Crippen LogP contribution in [0.1, 0.15) is 25.8 Å². The normalized spacial score (nSPS) is 17.2. The third kappa shape index (κ3) is 3.87. The summed E-state index contributed by atoms with van der Waals surface area (Å²) in [5.74, 6) is -0.200. The van der Waals surface area contributed by atoms with Crippen LogP contribution in [0.15, 0.2) is 30.5 Å². The van der Waals surface area contributed by atoms with Crippen molar-refractivity contribution in [2.45, 2.75) is 32.7 Å². The third-order valence-electron chi connectivity index (χ3n) is 4.55. The number of para-hydroxylation sites is 1. The Morgan fingerprint density at radius 2 is 2.04 bits per heavy atom. The van der Waals surface area contributed by atoms with E-state index in [1.807, 2.05) is 30.5 Å². The molecule has 2 heterocycles. The first kappa shape index (κ1) is 18.0. The van der Waals surface area contributed by atoms with Crippen LogP contribution in [0, 0.1) is 5.92 Å². The van der Waals surface area contributed by atoms with Crippen molar-refractivity contribution >= 4 is 28.7 Å². The number of aromatic nitrogens is 1. The molecule has 1 saturated heterocycles. The Bertz CT molecular complexity index is 827. The number of carbonyl (C=O) groups is 3. The molecule has 138 valence electrons. The molecular weight excluding hydrogens is 332 g/mol. The smallest absolute Gasteiger partial charge is 0.325 e. The van der Waals surface area contributed by atoms with Gasteiger partial charge in [0.15, 0.2) is 0 Å². The molecule has 7 nitrogen and oxygen atoms in total. The summed E-state index contributed by atoms with van der Waals surface area (Å²) in [5, 5.41) is 6.46. The summed E-state index contributed by atoms with van der Waals surface area (Å²) in [6, 6.07) is 6.64. The lowest BCUT2D eigenvalue weighted by Gasteiger charge is -2.13. The van der Waals surface area contributed by atoms with Crippen LogP contribution in [0.25, 0.3) is 10.9 Å². The number of aromatic amines is 1. The molecule has 7 heteroatoms. The number of urea groups is 1. The second-order valence-corrected chi connectivity index (χ2v) is 7.02. The highest BCUT2D eigenvalue weighted by atomic mass is 16.2. The number of carbonyl (C=O) groups excluding carboxylic acids is 3. The van der Waals surface area contributed by atoms with Crippen LogP contribution >= 0.6 is 0 Å². The predicted molar refractivity (Wildman–Crippen MR) is 98.5 cm³/mol. The lowest BCUT2D eigenvalue weighted by molar-refractivity contribution is -0.132.